The molecule has 0 radical (unpaired) electrons. The summed E-state index contributed by atoms with van der Waals surface area (Å²) in [5.74, 6) is -1.68. The van der Waals surface area contributed by atoms with Gasteiger partial charge >= 0.3 is 6.03 Å². The van der Waals surface area contributed by atoms with Crippen molar-refractivity contribution in [2.24, 2.45) is 0 Å². The number of amides is 4. The van der Waals surface area contributed by atoms with Gasteiger partial charge in [-0.1, -0.05) is 12.1 Å². The Morgan fingerprint density at radius 3 is 1.15 bits per heavy atom. The number of nitrogens with one attached hydrogen (secondary N) is 4. The summed E-state index contributed by atoms with van der Waals surface area (Å²) in [4.78, 5) is 37.5. The van der Waals surface area contributed by atoms with Crippen molar-refractivity contribution in [3.8, 4) is 11.5 Å². The first-order valence-corrected chi connectivity index (χ1v) is 17.8. The lowest BCUT2D eigenvalue weighted by molar-refractivity contribution is 0.101. The van der Waals surface area contributed by atoms with Crippen molar-refractivity contribution in [3.05, 3.63) is 120 Å². The first kappa shape index (κ1) is 35.3. The van der Waals surface area contributed by atoms with Crippen molar-refractivity contribution in [3.63, 3.8) is 0 Å². The highest BCUT2D eigenvalue weighted by molar-refractivity contribution is 7.86. The van der Waals surface area contributed by atoms with E-state index in [9.17, 15) is 50.5 Å². The Labute approximate surface area is 295 Å². The van der Waals surface area contributed by atoms with E-state index in [0.717, 1.165) is 24.3 Å². The predicted octanol–water partition coefficient (Wildman–Crippen LogP) is 6.05. The van der Waals surface area contributed by atoms with Crippen LogP contribution in [0.15, 0.2) is 119 Å². The zero-order valence-electron chi connectivity index (χ0n) is 26.4. The summed E-state index contributed by atoms with van der Waals surface area (Å²) >= 11 is 0. The molecule has 264 valence electrons. The molecule has 0 bridgehead atoms. The summed E-state index contributed by atoms with van der Waals surface area (Å²) in [6, 6.07) is 24.0. The normalized spacial score (nSPS) is 11.6. The Morgan fingerprint density at radius 1 is 0.442 bits per heavy atom. The monoisotopic (exact) mass is 742 g/mol. The standard InChI is InChI=1S/C35H26N4O11S2/c40-31-15-25(13-21-5-11-27(17-29(21)31)51(45,46)47)36-33(42)19-1-7-23(8-2-19)38-35(44)39-24-9-3-20(4-10-24)34(43)37-26-14-22-6-12-28(52(48,49)50)18-30(22)32(41)16-26/h1-18,40-41H,(H,36,42)(H,37,43)(H2,38,39,44)(H,45,46,47)(H,48,49,50). The van der Waals surface area contributed by atoms with Crippen LogP contribution in [-0.4, -0.2) is 54.0 Å². The number of phenolic OH excluding ortho intramolecular Hbond substituents is 2. The SMILES string of the molecule is O=C(Nc1ccc(C(=O)Nc2cc(O)c3cc(S(=O)(=O)O)ccc3c2)cc1)Nc1ccc(C(=O)Nc2cc(O)c3cc(S(=O)(=O)O)ccc3c2)cc1. The van der Waals surface area contributed by atoms with Crippen LogP contribution < -0.4 is 21.3 Å². The Morgan fingerprint density at radius 2 is 0.808 bits per heavy atom. The molecule has 0 aliphatic rings. The van der Waals surface area contributed by atoms with Crippen molar-refractivity contribution in [1.29, 1.82) is 0 Å². The van der Waals surface area contributed by atoms with Crippen molar-refractivity contribution in [2.75, 3.05) is 21.3 Å². The van der Waals surface area contributed by atoms with E-state index in [1.165, 1.54) is 84.9 Å². The number of anilines is 4. The zero-order chi connectivity index (χ0) is 37.4. The van der Waals surface area contributed by atoms with Gasteiger partial charge in [-0.05, 0) is 95.7 Å². The van der Waals surface area contributed by atoms with Gasteiger partial charge in [0.25, 0.3) is 32.1 Å². The van der Waals surface area contributed by atoms with E-state index in [2.05, 4.69) is 21.3 Å². The van der Waals surface area contributed by atoms with Gasteiger partial charge in [0.1, 0.15) is 11.5 Å². The largest absolute Gasteiger partial charge is 0.507 e. The number of aromatic hydroxyl groups is 2. The van der Waals surface area contributed by atoms with Crippen LogP contribution in [0, 0.1) is 0 Å². The molecule has 0 saturated heterocycles. The summed E-state index contributed by atoms with van der Waals surface area (Å²) in [6.07, 6.45) is 0. The third kappa shape index (κ3) is 7.92. The number of phenols is 2. The van der Waals surface area contributed by atoms with Crippen LogP contribution in [-0.2, 0) is 20.2 Å². The maximum Gasteiger partial charge on any atom is 0.323 e. The second-order valence-electron chi connectivity index (χ2n) is 11.3. The molecule has 0 aliphatic heterocycles. The lowest BCUT2D eigenvalue weighted by atomic mass is 10.1. The molecule has 0 spiro atoms. The van der Waals surface area contributed by atoms with E-state index in [4.69, 9.17) is 0 Å². The quantitative estimate of drug-likeness (QED) is 0.0834. The molecule has 4 amide bonds. The van der Waals surface area contributed by atoms with E-state index >= 15 is 0 Å². The summed E-state index contributed by atoms with van der Waals surface area (Å²) in [5, 5.41) is 32.4. The molecule has 17 heteroatoms. The summed E-state index contributed by atoms with van der Waals surface area (Å²) in [7, 11) is -8.94. The molecule has 0 atom stereocenters. The van der Waals surface area contributed by atoms with E-state index in [-0.39, 0.29) is 54.6 Å². The molecule has 0 fully saturated rings. The van der Waals surface area contributed by atoms with Gasteiger partial charge in [0.15, 0.2) is 0 Å². The van der Waals surface area contributed by atoms with Crippen LogP contribution in [0.1, 0.15) is 20.7 Å². The number of hydrogen-bond acceptors (Lipinski definition) is 9. The predicted molar refractivity (Wildman–Crippen MR) is 192 cm³/mol. The highest BCUT2D eigenvalue weighted by atomic mass is 32.2. The molecule has 15 nitrogen and oxygen atoms in total. The zero-order valence-corrected chi connectivity index (χ0v) is 28.0. The van der Waals surface area contributed by atoms with Crippen LogP contribution in [0.5, 0.6) is 11.5 Å². The number of rotatable bonds is 8. The molecule has 6 aromatic rings. The van der Waals surface area contributed by atoms with Crippen molar-refractivity contribution >= 4 is 82.4 Å². The molecule has 0 aromatic heterocycles. The molecular formula is C35H26N4O11S2. The second kappa shape index (κ2) is 13.6. The number of benzene rings is 6. The molecule has 6 rings (SSSR count). The van der Waals surface area contributed by atoms with Crippen LogP contribution in [0.25, 0.3) is 21.5 Å². The molecule has 6 aromatic carbocycles. The summed E-state index contributed by atoms with van der Waals surface area (Å²) < 4.78 is 64.2. The van der Waals surface area contributed by atoms with Gasteiger partial charge in [-0.2, -0.15) is 16.8 Å². The highest BCUT2D eigenvalue weighted by Gasteiger charge is 2.16. The molecule has 0 aliphatic carbocycles. The smallest absolute Gasteiger partial charge is 0.323 e. The molecular weight excluding hydrogens is 717 g/mol. The van der Waals surface area contributed by atoms with E-state index in [1.807, 2.05) is 0 Å². The first-order valence-electron chi connectivity index (χ1n) is 14.9. The molecule has 0 unspecified atom stereocenters. The number of hydrogen-bond donors (Lipinski definition) is 8. The maximum atomic E-state index is 12.8. The third-order valence-electron chi connectivity index (χ3n) is 7.73. The number of fused-ring (bicyclic) bond motifs is 2. The number of urea groups is 1. The topological polar surface area (TPSA) is 249 Å². The minimum absolute atomic E-state index is 0.159. The minimum atomic E-state index is -4.47. The van der Waals surface area contributed by atoms with Crippen LogP contribution in [0.3, 0.4) is 0 Å². The van der Waals surface area contributed by atoms with Crippen LogP contribution in [0.4, 0.5) is 27.5 Å². The molecule has 0 heterocycles. The lowest BCUT2D eigenvalue weighted by Gasteiger charge is -2.11. The van der Waals surface area contributed by atoms with Gasteiger partial charge in [0.05, 0.1) is 9.79 Å². The average Bonchev–Trinajstić information content (AvgIpc) is 3.07. The number of carbonyl (C=O) groups is 3. The average molecular weight is 743 g/mol. The third-order valence-corrected chi connectivity index (χ3v) is 9.43. The van der Waals surface area contributed by atoms with Gasteiger partial charge in [0, 0.05) is 56.8 Å². The minimum Gasteiger partial charge on any atom is -0.507 e. The Balaban J connectivity index is 1.04. The molecule has 0 saturated carbocycles. The summed E-state index contributed by atoms with van der Waals surface area (Å²) in [5.41, 5.74) is 1.63. The number of carbonyl (C=O) groups excluding carboxylic acids is 3. The van der Waals surface area contributed by atoms with Gasteiger partial charge in [-0.3, -0.25) is 18.7 Å². The van der Waals surface area contributed by atoms with Crippen molar-refractivity contribution < 1.29 is 50.5 Å². The van der Waals surface area contributed by atoms with E-state index in [0.29, 0.717) is 22.1 Å². The fraction of sp³-hybridized carbons (Fsp3) is 0. The molecule has 52 heavy (non-hydrogen) atoms. The molecule has 8 N–H and O–H groups in total. The fourth-order valence-corrected chi connectivity index (χ4v) is 6.22. The maximum absolute atomic E-state index is 12.8. The Hall–Kier alpha value is -6.53. The lowest BCUT2D eigenvalue weighted by Crippen LogP contribution is -2.19. The van der Waals surface area contributed by atoms with E-state index < -0.39 is 38.1 Å². The van der Waals surface area contributed by atoms with Crippen molar-refractivity contribution in [1.82, 2.24) is 0 Å². The Kier molecular flexibility index (Phi) is 9.26. The van der Waals surface area contributed by atoms with Gasteiger partial charge in [0.2, 0.25) is 0 Å². The van der Waals surface area contributed by atoms with Gasteiger partial charge in [-0.25, -0.2) is 4.79 Å². The Bertz CT molecular complexity index is 2460. The van der Waals surface area contributed by atoms with Crippen LogP contribution in [0.2, 0.25) is 0 Å². The van der Waals surface area contributed by atoms with Crippen LogP contribution >= 0.6 is 0 Å². The highest BCUT2D eigenvalue weighted by Crippen LogP contribution is 2.33. The van der Waals surface area contributed by atoms with Crippen molar-refractivity contribution in [2.45, 2.75) is 9.79 Å². The fourth-order valence-electron chi connectivity index (χ4n) is 5.21. The summed E-state index contributed by atoms with van der Waals surface area (Å²) in [6.45, 7) is 0. The van der Waals surface area contributed by atoms with Gasteiger partial charge in [-0.15, -0.1) is 0 Å². The first-order chi connectivity index (χ1) is 24.5. The van der Waals surface area contributed by atoms with E-state index in [1.54, 1.807) is 0 Å². The van der Waals surface area contributed by atoms with Gasteiger partial charge < -0.3 is 31.5 Å². The second-order valence-corrected chi connectivity index (χ2v) is 14.2.